The molecule has 3 heterocycles. The fraction of sp³-hybridized carbons (Fsp3) is 0.323. The Balaban J connectivity index is 0.000000517. The van der Waals surface area contributed by atoms with Gasteiger partial charge in [0.15, 0.2) is 6.10 Å². The van der Waals surface area contributed by atoms with Crippen LogP contribution in [0.25, 0.3) is 0 Å². The van der Waals surface area contributed by atoms with Crippen molar-refractivity contribution in [3.8, 4) is 0 Å². The number of carboxylic acid groups (broad SMARTS) is 1. The quantitative estimate of drug-likeness (QED) is 0.325. The number of fused-ring (bicyclic) bond motifs is 3. The van der Waals surface area contributed by atoms with Crippen LogP contribution in [0.15, 0.2) is 91.0 Å². The molecular formula is C31H31F3N2O6. The number of ether oxygens (including phenoxy) is 1. The molecule has 3 N–H and O–H groups in total. The molecule has 222 valence electrons. The molecule has 2 bridgehead atoms. The molecule has 0 radical (unpaired) electrons. The molecule has 8 nitrogen and oxygen atoms in total. The van der Waals surface area contributed by atoms with Crippen LogP contribution in [0.3, 0.4) is 0 Å². The number of nitrogens with zero attached hydrogens (tertiary/aromatic N) is 1. The van der Waals surface area contributed by atoms with Crippen molar-refractivity contribution in [1.82, 2.24) is 4.48 Å². The van der Waals surface area contributed by atoms with Gasteiger partial charge in [-0.2, -0.15) is 13.2 Å². The van der Waals surface area contributed by atoms with Crippen molar-refractivity contribution < 1.29 is 42.5 Å². The molecular weight excluding hydrogens is 553 g/mol. The third kappa shape index (κ3) is 6.17. The Morgan fingerprint density at radius 1 is 0.857 bits per heavy atom. The Hall–Kier alpha value is -4.22. The third-order valence-electron chi connectivity index (χ3n) is 8.11. The lowest BCUT2D eigenvalue weighted by Gasteiger charge is -2.56. The second-order valence-electron chi connectivity index (χ2n) is 10.5. The summed E-state index contributed by atoms with van der Waals surface area (Å²) in [5.74, 6) is -4.04. The van der Waals surface area contributed by atoms with Crippen LogP contribution in [0.5, 0.6) is 0 Å². The molecule has 3 aliphatic rings. The van der Waals surface area contributed by atoms with Gasteiger partial charge in [0.05, 0.1) is 19.5 Å². The van der Waals surface area contributed by atoms with Gasteiger partial charge in [0, 0.05) is 18.8 Å². The van der Waals surface area contributed by atoms with E-state index >= 15 is 0 Å². The molecule has 0 spiro atoms. The van der Waals surface area contributed by atoms with Crippen LogP contribution in [0.1, 0.15) is 30.4 Å². The minimum Gasteiger partial charge on any atom is -0.542 e. The summed E-state index contributed by atoms with van der Waals surface area (Å²) in [7, 11) is 0. The number of quaternary nitrogens is 1. The van der Waals surface area contributed by atoms with Gasteiger partial charge in [-0.25, -0.2) is 4.79 Å². The number of para-hydroxylation sites is 1. The molecule has 1 unspecified atom stereocenters. The number of hydrogen-bond donors (Lipinski definition) is 2. The summed E-state index contributed by atoms with van der Waals surface area (Å²) in [6.07, 6.45) is -3.87. The van der Waals surface area contributed by atoms with Crippen LogP contribution in [-0.2, 0) is 24.7 Å². The van der Waals surface area contributed by atoms with Crippen molar-refractivity contribution in [2.45, 2.75) is 43.2 Å². The topological polar surface area (TPSA) is 130 Å². The average Bonchev–Trinajstić information content (AvgIpc) is 2.99. The number of primary amides is 1. The first kappa shape index (κ1) is 30.7. The fourth-order valence-electron chi connectivity index (χ4n) is 6.12. The van der Waals surface area contributed by atoms with Crippen LogP contribution in [0.2, 0.25) is 0 Å². The fourth-order valence-corrected chi connectivity index (χ4v) is 6.12. The average molecular weight is 585 g/mol. The van der Waals surface area contributed by atoms with Crippen molar-refractivity contribution in [3.63, 3.8) is 0 Å². The highest BCUT2D eigenvalue weighted by Crippen LogP contribution is 2.46. The largest absolute Gasteiger partial charge is 0.542 e. The van der Waals surface area contributed by atoms with Crippen LogP contribution in [0, 0.1) is 5.92 Å². The molecule has 42 heavy (non-hydrogen) atoms. The first-order valence-electron chi connectivity index (χ1n) is 13.4. The molecule has 3 aromatic carbocycles. The number of halogens is 3. The molecule has 3 fully saturated rings. The van der Waals surface area contributed by atoms with E-state index in [4.69, 9.17) is 20.4 Å². The zero-order valence-electron chi connectivity index (χ0n) is 22.6. The van der Waals surface area contributed by atoms with Gasteiger partial charge < -0.3 is 25.5 Å². The number of amides is 1. The Morgan fingerprint density at radius 2 is 1.29 bits per heavy atom. The molecule has 3 saturated heterocycles. The Bertz CT molecular complexity index is 1340. The maximum atomic E-state index is 13.9. The third-order valence-corrected chi connectivity index (χ3v) is 8.11. The van der Waals surface area contributed by atoms with Crippen molar-refractivity contribution in [3.05, 3.63) is 102 Å². The minimum absolute atomic E-state index is 0.110. The number of carbonyl (C=O) groups is 3. The first-order chi connectivity index (χ1) is 19.9. The van der Waals surface area contributed by atoms with E-state index in [9.17, 15) is 27.9 Å². The summed E-state index contributed by atoms with van der Waals surface area (Å²) >= 11 is 0. The number of benzene rings is 3. The van der Waals surface area contributed by atoms with Crippen molar-refractivity contribution in [2.24, 2.45) is 11.7 Å². The van der Waals surface area contributed by atoms with Gasteiger partial charge >= 0.3 is 12.1 Å². The minimum atomic E-state index is -5.19. The predicted molar refractivity (Wildman–Crippen MR) is 145 cm³/mol. The number of nitrogens with two attached hydrogens (primary N) is 1. The summed E-state index contributed by atoms with van der Waals surface area (Å²) < 4.78 is 38.4. The highest BCUT2D eigenvalue weighted by molar-refractivity contribution is 5.86. The van der Waals surface area contributed by atoms with E-state index < -0.39 is 35.7 Å². The van der Waals surface area contributed by atoms with Crippen LogP contribution in [-0.4, -0.2) is 54.4 Å². The maximum Gasteiger partial charge on any atom is 0.430 e. The lowest BCUT2D eigenvalue weighted by Crippen LogP contribution is -2.72. The smallest absolute Gasteiger partial charge is 0.430 e. The SMILES string of the molecule is NC(=O)C[C@@H]1C(OC(=O)C(O)(c2ccccc2)c2ccccc2)C2CC[N+]1(c1ccccc1)CC2.O=C([O-])C(F)(F)F. The van der Waals surface area contributed by atoms with Crippen LogP contribution >= 0.6 is 0 Å². The summed E-state index contributed by atoms with van der Waals surface area (Å²) in [6.45, 7) is 1.73. The Morgan fingerprint density at radius 3 is 1.69 bits per heavy atom. The van der Waals surface area contributed by atoms with E-state index in [2.05, 4.69) is 12.1 Å². The standard InChI is InChI=1S/C29H30N2O4.C2HF3O2/c30-26(32)20-25-27(21-16-18-31(25,19-17-21)24-14-8-3-9-15-24)35-28(33)29(34,22-10-4-1-5-11-22)23-12-6-2-7-13-23;3-2(4,5)1(6)7/h1-15,21,25,27,34H,16-20H2,(H-,30,32);(H,6,7)/t21?,25-,27?,31?;/m1./s1. The predicted octanol–water partition coefficient (Wildman–Crippen LogP) is 2.81. The van der Waals surface area contributed by atoms with E-state index in [1.807, 2.05) is 30.3 Å². The Kier molecular flexibility index (Phi) is 9.03. The van der Waals surface area contributed by atoms with E-state index in [1.54, 1.807) is 48.5 Å². The highest BCUT2D eigenvalue weighted by atomic mass is 19.4. The molecule has 0 aliphatic carbocycles. The molecule has 11 heteroatoms. The summed E-state index contributed by atoms with van der Waals surface area (Å²) in [4.78, 5) is 34.9. The molecule has 1 amide bonds. The number of aliphatic hydroxyl groups is 1. The summed E-state index contributed by atoms with van der Waals surface area (Å²) in [6, 6.07) is 27.5. The number of piperidine rings is 3. The van der Waals surface area contributed by atoms with Crippen molar-refractivity contribution in [2.75, 3.05) is 13.1 Å². The lowest BCUT2D eigenvalue weighted by molar-refractivity contribution is -0.344. The highest BCUT2D eigenvalue weighted by Gasteiger charge is 2.58. The molecule has 6 rings (SSSR count). The molecule has 0 saturated carbocycles. The van der Waals surface area contributed by atoms with Gasteiger partial charge in [0.2, 0.25) is 11.5 Å². The van der Waals surface area contributed by atoms with Gasteiger partial charge in [-0.15, -0.1) is 0 Å². The number of carboxylic acids is 1. The van der Waals surface area contributed by atoms with Crippen LogP contribution < -0.4 is 15.3 Å². The summed E-state index contributed by atoms with van der Waals surface area (Å²) in [5.41, 5.74) is 5.72. The van der Waals surface area contributed by atoms with E-state index in [0.717, 1.165) is 31.6 Å². The zero-order chi connectivity index (χ0) is 30.5. The molecule has 0 aromatic heterocycles. The number of rotatable bonds is 7. The number of aliphatic carboxylic acids is 1. The van der Waals surface area contributed by atoms with Gasteiger partial charge in [-0.05, 0) is 23.3 Å². The number of esters is 1. The first-order valence-corrected chi connectivity index (χ1v) is 13.4. The molecule has 2 atom stereocenters. The normalized spacial score (nSPS) is 23.3. The summed E-state index contributed by atoms with van der Waals surface area (Å²) in [5, 5.41) is 20.7. The second kappa shape index (κ2) is 12.3. The van der Waals surface area contributed by atoms with Crippen molar-refractivity contribution >= 4 is 23.5 Å². The van der Waals surface area contributed by atoms with Crippen LogP contribution in [0.4, 0.5) is 18.9 Å². The molecule has 3 aromatic rings. The lowest BCUT2D eigenvalue weighted by atomic mass is 9.75. The Labute approximate surface area is 240 Å². The molecule has 3 aliphatic heterocycles. The maximum absolute atomic E-state index is 13.9. The zero-order valence-corrected chi connectivity index (χ0v) is 22.6. The monoisotopic (exact) mass is 584 g/mol. The number of hydrogen-bond acceptors (Lipinski definition) is 6. The van der Waals surface area contributed by atoms with Gasteiger partial charge in [0.25, 0.3) is 0 Å². The van der Waals surface area contributed by atoms with E-state index in [1.165, 1.54) is 0 Å². The number of alkyl halides is 3. The van der Waals surface area contributed by atoms with Gasteiger partial charge in [-0.3, -0.25) is 9.28 Å². The second-order valence-corrected chi connectivity index (χ2v) is 10.5. The van der Waals surface area contributed by atoms with E-state index in [0.29, 0.717) is 15.6 Å². The van der Waals surface area contributed by atoms with E-state index in [-0.39, 0.29) is 18.4 Å². The van der Waals surface area contributed by atoms with Gasteiger partial charge in [0.1, 0.15) is 17.7 Å². The van der Waals surface area contributed by atoms with Gasteiger partial charge in [-0.1, -0.05) is 78.9 Å². The number of carbonyl (C=O) groups excluding carboxylic acids is 3. The van der Waals surface area contributed by atoms with Crippen molar-refractivity contribution in [1.29, 1.82) is 0 Å².